The van der Waals surface area contributed by atoms with Crippen LogP contribution in [0.15, 0.2) is 40.7 Å². The van der Waals surface area contributed by atoms with Gasteiger partial charge in [-0.25, -0.2) is 0 Å². The number of rotatable bonds is 7. The molecule has 1 aromatic rings. The number of benzene rings is 1. The summed E-state index contributed by atoms with van der Waals surface area (Å²) in [5, 5.41) is 11.9. The van der Waals surface area contributed by atoms with Gasteiger partial charge in [0.2, 0.25) is 0 Å². The van der Waals surface area contributed by atoms with Gasteiger partial charge < -0.3 is 27.0 Å². The fourth-order valence-corrected chi connectivity index (χ4v) is 3.39. The topological polar surface area (TPSA) is 71.3 Å². The molecule has 0 spiro atoms. The average molecular weight is 311 g/mol. The summed E-state index contributed by atoms with van der Waals surface area (Å²) in [7, 11) is -3.67. The highest BCUT2D eigenvalue weighted by Crippen LogP contribution is 2.56. The van der Waals surface area contributed by atoms with Crippen LogP contribution in [0.4, 0.5) is 5.69 Å². The molecule has 0 bridgehead atoms. The van der Waals surface area contributed by atoms with Gasteiger partial charge in [0.05, 0.1) is 13.2 Å². The van der Waals surface area contributed by atoms with Crippen LogP contribution in [0, 0.1) is 11.3 Å². The molecule has 0 radical (unpaired) electrons. The van der Waals surface area contributed by atoms with Crippen LogP contribution in [0.3, 0.4) is 0 Å². The van der Waals surface area contributed by atoms with E-state index in [0.29, 0.717) is 5.69 Å². The fourth-order valence-electron chi connectivity index (χ4n) is 1.45. The third-order valence-corrected chi connectivity index (χ3v) is 4.75. The van der Waals surface area contributed by atoms with Crippen molar-refractivity contribution in [1.82, 2.24) is 0 Å². The van der Waals surface area contributed by atoms with Crippen LogP contribution in [0.1, 0.15) is 13.8 Å². The molecule has 0 heterocycles. The van der Waals surface area contributed by atoms with E-state index in [0.717, 1.165) is 0 Å². The zero-order valence-electron chi connectivity index (χ0n) is 11.3. The van der Waals surface area contributed by atoms with Crippen molar-refractivity contribution in [3.63, 3.8) is 0 Å². The number of anilines is 1. The van der Waals surface area contributed by atoms with Crippen molar-refractivity contribution in [3.05, 3.63) is 40.7 Å². The highest BCUT2D eigenvalue weighted by Gasteiger charge is 2.30. The van der Waals surface area contributed by atoms with E-state index in [-0.39, 0.29) is 23.6 Å². The quantitative estimate of drug-likeness (QED) is 0.471. The molecule has 5 nitrogen and oxygen atoms in total. The molecule has 1 rings (SSSR count). The number of hydrogen-bond acceptors (Lipinski definition) is 6. The lowest BCUT2D eigenvalue weighted by Crippen LogP contribution is -2.05. The second-order valence-corrected chi connectivity index (χ2v) is 5.98. The molecule has 0 aromatic heterocycles. The second kappa shape index (κ2) is 8.03. The van der Waals surface area contributed by atoms with Crippen molar-refractivity contribution in [2.45, 2.75) is 13.8 Å². The van der Waals surface area contributed by atoms with Crippen molar-refractivity contribution >= 4 is 25.9 Å². The summed E-state index contributed by atoms with van der Waals surface area (Å²) in [4.78, 5) is 0. The van der Waals surface area contributed by atoms with Crippen molar-refractivity contribution in [2.24, 2.45) is 0 Å². The molecule has 1 aromatic carbocycles. The largest absolute Gasteiger partial charge is 0.761 e. The van der Waals surface area contributed by atoms with E-state index >= 15 is 0 Å². The molecule has 0 aliphatic carbocycles. The van der Waals surface area contributed by atoms with Gasteiger partial charge in [-0.3, -0.25) is 4.57 Å². The minimum atomic E-state index is -3.67. The Kier molecular flexibility index (Phi) is 6.69. The van der Waals surface area contributed by atoms with Crippen molar-refractivity contribution < 1.29 is 13.6 Å². The van der Waals surface area contributed by atoms with Crippen molar-refractivity contribution in [1.29, 1.82) is 5.26 Å². The first-order valence-electron chi connectivity index (χ1n) is 6.10. The summed E-state index contributed by atoms with van der Waals surface area (Å²) in [5.74, 6) is 0. The second-order valence-electron chi connectivity index (χ2n) is 3.61. The molecule has 7 heteroatoms. The Bertz CT molecular complexity index is 544. The van der Waals surface area contributed by atoms with Gasteiger partial charge in [0.25, 0.3) is 0 Å². The summed E-state index contributed by atoms with van der Waals surface area (Å²) < 4.78 is 22.8. The van der Waals surface area contributed by atoms with Gasteiger partial charge in [-0.05, 0) is 26.0 Å². The van der Waals surface area contributed by atoms with Crippen LogP contribution in [0.25, 0.3) is 0 Å². The number of para-hydroxylation sites is 1. The SMILES string of the molecule is CCOP(=O)(OCC)C(C#N)=C([S-])Nc1ccccc1. The van der Waals surface area contributed by atoms with Crippen LogP contribution < -0.4 is 5.32 Å². The van der Waals surface area contributed by atoms with E-state index in [9.17, 15) is 9.83 Å². The van der Waals surface area contributed by atoms with Crippen LogP contribution in [0.5, 0.6) is 0 Å². The van der Waals surface area contributed by atoms with Gasteiger partial charge in [0, 0.05) is 5.69 Å². The highest BCUT2D eigenvalue weighted by molar-refractivity contribution is 7.66. The van der Waals surface area contributed by atoms with E-state index in [1.807, 2.05) is 24.3 Å². The Morgan fingerprint density at radius 1 is 1.30 bits per heavy atom. The van der Waals surface area contributed by atoms with E-state index in [4.69, 9.17) is 21.7 Å². The van der Waals surface area contributed by atoms with Crippen LogP contribution in [-0.2, 0) is 26.2 Å². The number of nitrogens with zero attached hydrogens (tertiary/aromatic N) is 1. The van der Waals surface area contributed by atoms with Crippen molar-refractivity contribution in [3.8, 4) is 6.07 Å². The average Bonchev–Trinajstić information content (AvgIpc) is 2.41. The number of allylic oxidation sites excluding steroid dienone is 1. The molecule has 0 unspecified atom stereocenters. The molecule has 0 fully saturated rings. The number of hydrogen-bond donors (Lipinski definition) is 1. The Labute approximate surface area is 124 Å². The van der Waals surface area contributed by atoms with Crippen molar-refractivity contribution in [2.75, 3.05) is 18.5 Å². The number of nitrogens with one attached hydrogen (secondary N) is 1. The predicted octanol–water partition coefficient (Wildman–Crippen LogP) is 3.60. The summed E-state index contributed by atoms with van der Waals surface area (Å²) >= 11 is 5.13. The third-order valence-electron chi connectivity index (χ3n) is 2.22. The zero-order valence-corrected chi connectivity index (χ0v) is 13.0. The Morgan fingerprint density at radius 2 is 1.85 bits per heavy atom. The molecule has 0 aliphatic heterocycles. The summed E-state index contributed by atoms with van der Waals surface area (Å²) in [6.07, 6.45) is 0. The molecule has 0 saturated carbocycles. The molecule has 1 N–H and O–H groups in total. The first kappa shape index (κ1) is 16.7. The van der Waals surface area contributed by atoms with Gasteiger partial charge in [-0.2, -0.15) is 5.26 Å². The smallest absolute Gasteiger partial charge is 0.371 e. The van der Waals surface area contributed by atoms with Gasteiger partial charge in [-0.15, -0.1) is 0 Å². The normalized spacial score (nSPS) is 12.4. The van der Waals surface area contributed by atoms with Gasteiger partial charge in [-0.1, -0.05) is 23.2 Å². The Hall–Kier alpha value is -1.38. The molecule has 20 heavy (non-hydrogen) atoms. The van der Waals surface area contributed by atoms with E-state index in [2.05, 4.69) is 5.32 Å². The van der Waals surface area contributed by atoms with E-state index < -0.39 is 7.60 Å². The predicted molar refractivity (Wildman–Crippen MR) is 80.9 cm³/mol. The first-order valence-corrected chi connectivity index (χ1v) is 8.05. The maximum atomic E-state index is 12.5. The first-order chi connectivity index (χ1) is 9.57. The molecule has 108 valence electrons. The Balaban J connectivity index is 3.11. The zero-order chi connectivity index (χ0) is 15.0. The Morgan fingerprint density at radius 3 is 2.30 bits per heavy atom. The van der Waals surface area contributed by atoms with Gasteiger partial charge in [0.15, 0.2) is 0 Å². The van der Waals surface area contributed by atoms with Gasteiger partial charge >= 0.3 is 7.60 Å². The molecular weight excluding hydrogens is 295 g/mol. The molecule has 0 amide bonds. The van der Waals surface area contributed by atoms with Crippen LogP contribution >= 0.6 is 7.60 Å². The summed E-state index contributed by atoms with van der Waals surface area (Å²) in [5.41, 5.74) is 0.699. The minimum Gasteiger partial charge on any atom is -0.761 e. The third kappa shape index (κ3) is 4.32. The van der Waals surface area contributed by atoms with E-state index in [1.54, 1.807) is 26.0 Å². The lowest BCUT2D eigenvalue weighted by molar-refractivity contribution is 0.227. The van der Waals surface area contributed by atoms with Gasteiger partial charge in [0.1, 0.15) is 11.4 Å². The standard InChI is InChI=1S/C13H17N2O3PS/c1-3-17-19(16,18-4-2)12(10-14)13(20)15-11-8-6-5-7-9-11/h5-9,15,20H,3-4H2,1-2H3/p-1. The summed E-state index contributed by atoms with van der Waals surface area (Å²) in [6.45, 7) is 3.68. The maximum Gasteiger partial charge on any atom is 0.371 e. The monoisotopic (exact) mass is 311 g/mol. The molecule has 0 saturated heterocycles. The summed E-state index contributed by atoms with van der Waals surface area (Å²) in [6, 6.07) is 10.9. The maximum absolute atomic E-state index is 12.5. The molecule has 0 aliphatic rings. The lowest BCUT2D eigenvalue weighted by Gasteiger charge is -2.23. The van der Waals surface area contributed by atoms with Crippen LogP contribution in [-0.4, -0.2) is 13.2 Å². The number of nitriles is 1. The van der Waals surface area contributed by atoms with Crippen LogP contribution in [0.2, 0.25) is 0 Å². The van der Waals surface area contributed by atoms with E-state index in [1.165, 1.54) is 0 Å². The molecular formula is C13H16N2O3PS-. The minimum absolute atomic E-state index is 0.0453. The highest BCUT2D eigenvalue weighted by atomic mass is 32.1. The molecule has 0 atom stereocenters. The lowest BCUT2D eigenvalue weighted by atomic mass is 10.3. The fraction of sp³-hybridized carbons (Fsp3) is 0.308.